The van der Waals surface area contributed by atoms with Gasteiger partial charge in [0.05, 0.1) is 13.0 Å². The zero-order valence-electron chi connectivity index (χ0n) is 22.4. The summed E-state index contributed by atoms with van der Waals surface area (Å²) in [5, 5.41) is 0. The minimum Gasteiger partial charge on any atom is -0.468 e. The molecule has 1 aromatic rings. The van der Waals surface area contributed by atoms with Crippen LogP contribution in [-0.2, 0) is 35.1 Å². The van der Waals surface area contributed by atoms with Crippen LogP contribution < -0.4 is 15.2 Å². The molecule has 1 rings (SSSR count). The molecule has 36 heavy (non-hydrogen) atoms. The Morgan fingerprint density at radius 3 is 2.03 bits per heavy atom. The highest BCUT2D eigenvalue weighted by Gasteiger charge is 2.38. The largest absolute Gasteiger partial charge is 0.468 e. The van der Waals surface area contributed by atoms with Gasteiger partial charge in [0.15, 0.2) is 11.5 Å². The predicted molar refractivity (Wildman–Crippen MR) is 134 cm³/mol. The molecule has 0 aromatic heterocycles. The zero-order valence-corrected chi connectivity index (χ0v) is 22.4. The fourth-order valence-electron chi connectivity index (χ4n) is 3.80. The Morgan fingerprint density at radius 1 is 0.917 bits per heavy atom. The van der Waals surface area contributed by atoms with Crippen molar-refractivity contribution in [3.05, 3.63) is 23.8 Å². The van der Waals surface area contributed by atoms with Crippen LogP contribution in [0.4, 0.5) is 0 Å². The summed E-state index contributed by atoms with van der Waals surface area (Å²) in [6.45, 7) is 9.15. The van der Waals surface area contributed by atoms with Crippen LogP contribution in [0.2, 0.25) is 0 Å². The predicted octanol–water partition coefficient (Wildman–Crippen LogP) is 4.27. The number of methoxy groups -OCH3 is 1. The molecule has 9 nitrogen and oxygen atoms in total. The Hall–Kier alpha value is -2.94. The Kier molecular flexibility index (Phi) is 13.2. The topological polar surface area (TPSA) is 131 Å². The van der Waals surface area contributed by atoms with Gasteiger partial charge in [-0.25, -0.2) is 0 Å². The third-order valence-corrected chi connectivity index (χ3v) is 5.57. The molecule has 0 aliphatic carbocycles. The molecule has 0 aliphatic heterocycles. The first-order valence-corrected chi connectivity index (χ1v) is 12.6. The van der Waals surface area contributed by atoms with Crippen LogP contribution in [-0.4, -0.2) is 42.6 Å². The smallest absolute Gasteiger partial charge is 0.326 e. The summed E-state index contributed by atoms with van der Waals surface area (Å²) < 4.78 is 21.3. The van der Waals surface area contributed by atoms with E-state index in [-0.39, 0.29) is 49.1 Å². The molecule has 2 N–H and O–H groups in total. The maximum Gasteiger partial charge on any atom is 0.326 e. The van der Waals surface area contributed by atoms with E-state index in [0.717, 1.165) is 6.42 Å². The molecular formula is C27H41NO8. The first-order valence-electron chi connectivity index (χ1n) is 12.6. The lowest BCUT2D eigenvalue weighted by Gasteiger charge is -2.30. The van der Waals surface area contributed by atoms with Gasteiger partial charge in [0.2, 0.25) is 0 Å². The van der Waals surface area contributed by atoms with Crippen LogP contribution in [0.25, 0.3) is 0 Å². The summed E-state index contributed by atoms with van der Waals surface area (Å²) in [5.74, 6) is -2.03. The fraction of sp³-hybridized carbons (Fsp3) is 0.630. The second-order valence-electron chi connectivity index (χ2n) is 9.20. The van der Waals surface area contributed by atoms with Crippen molar-refractivity contribution >= 4 is 23.9 Å². The average molecular weight is 508 g/mol. The van der Waals surface area contributed by atoms with E-state index in [0.29, 0.717) is 24.8 Å². The number of hydrogen-bond donors (Lipinski definition) is 1. The molecule has 0 amide bonds. The quantitative estimate of drug-likeness (QED) is 0.273. The van der Waals surface area contributed by atoms with Crippen molar-refractivity contribution in [2.45, 2.75) is 97.6 Å². The van der Waals surface area contributed by atoms with Crippen LogP contribution in [0, 0.1) is 5.92 Å². The number of carbonyl (C=O) groups excluding carboxylic acids is 4. The number of hydrogen-bond acceptors (Lipinski definition) is 9. The SMILES string of the molecule is CCCC(=O)Oc1ccc(C[C@](N)(CC(C)OC(=O)C(C)CCC)C(=O)OC)cc1OC(=O)CCC. The molecule has 0 radical (unpaired) electrons. The number of ether oxygens (including phenoxy) is 4. The molecule has 0 saturated carbocycles. The molecule has 1 aromatic carbocycles. The van der Waals surface area contributed by atoms with Gasteiger partial charge in [-0.2, -0.15) is 0 Å². The molecule has 0 bridgehead atoms. The molecule has 202 valence electrons. The second kappa shape index (κ2) is 15.2. The van der Waals surface area contributed by atoms with Crippen LogP contribution in [0.15, 0.2) is 18.2 Å². The van der Waals surface area contributed by atoms with Crippen LogP contribution in [0.3, 0.4) is 0 Å². The molecule has 2 unspecified atom stereocenters. The normalized spacial score (nSPS) is 14.2. The lowest BCUT2D eigenvalue weighted by Crippen LogP contribution is -2.53. The second-order valence-corrected chi connectivity index (χ2v) is 9.20. The highest BCUT2D eigenvalue weighted by atomic mass is 16.6. The molecular weight excluding hydrogens is 466 g/mol. The maximum absolute atomic E-state index is 12.7. The van der Waals surface area contributed by atoms with Gasteiger partial charge in [0.25, 0.3) is 0 Å². The van der Waals surface area contributed by atoms with Gasteiger partial charge in [-0.3, -0.25) is 19.2 Å². The monoisotopic (exact) mass is 507 g/mol. The number of esters is 4. The zero-order chi connectivity index (χ0) is 27.3. The first-order chi connectivity index (χ1) is 17.0. The third-order valence-electron chi connectivity index (χ3n) is 5.57. The molecule has 9 heteroatoms. The van der Waals surface area contributed by atoms with Crippen molar-refractivity contribution in [1.82, 2.24) is 0 Å². The minimum atomic E-state index is -1.52. The van der Waals surface area contributed by atoms with Gasteiger partial charge >= 0.3 is 23.9 Å². The van der Waals surface area contributed by atoms with Gasteiger partial charge < -0.3 is 24.7 Å². The van der Waals surface area contributed by atoms with E-state index < -0.39 is 29.6 Å². The highest BCUT2D eigenvalue weighted by Crippen LogP contribution is 2.32. The number of nitrogens with two attached hydrogens (primary N) is 1. The van der Waals surface area contributed by atoms with Gasteiger partial charge in [-0.1, -0.05) is 40.2 Å². The van der Waals surface area contributed by atoms with Crippen molar-refractivity contribution < 1.29 is 38.1 Å². The maximum atomic E-state index is 12.7. The Balaban J connectivity index is 3.19. The molecule has 0 heterocycles. The number of benzene rings is 1. The van der Waals surface area contributed by atoms with E-state index in [9.17, 15) is 19.2 Å². The van der Waals surface area contributed by atoms with Crippen LogP contribution in [0.1, 0.15) is 85.1 Å². The number of rotatable bonds is 15. The summed E-state index contributed by atoms with van der Waals surface area (Å²) in [7, 11) is 1.23. The highest BCUT2D eigenvalue weighted by molar-refractivity contribution is 5.81. The summed E-state index contributed by atoms with van der Waals surface area (Å²) in [5.41, 5.74) is 5.52. The standard InChI is InChI=1S/C27H41NO8/c1-7-10-18(4)25(31)34-19(5)16-27(28,26(32)33-6)17-20-13-14-21(35-23(29)11-8-2)22(15-20)36-24(30)12-9-3/h13-15,18-19H,7-12,16-17,28H2,1-6H3/t18?,19?,27-/m1/s1. The summed E-state index contributed by atoms with van der Waals surface area (Å²) in [6.07, 6.45) is 2.53. The lowest BCUT2D eigenvalue weighted by molar-refractivity contribution is -0.157. The van der Waals surface area contributed by atoms with E-state index in [2.05, 4.69) is 0 Å². The van der Waals surface area contributed by atoms with Gasteiger partial charge in [-0.05, 0) is 43.9 Å². The third kappa shape index (κ3) is 9.97. The van der Waals surface area contributed by atoms with Crippen molar-refractivity contribution in [3.63, 3.8) is 0 Å². The van der Waals surface area contributed by atoms with E-state index in [1.54, 1.807) is 19.9 Å². The van der Waals surface area contributed by atoms with E-state index in [4.69, 9.17) is 24.7 Å². The number of carbonyl (C=O) groups is 4. The molecule has 0 fully saturated rings. The van der Waals surface area contributed by atoms with Crippen LogP contribution in [0.5, 0.6) is 11.5 Å². The molecule has 0 aliphatic rings. The minimum absolute atomic E-state index is 0.00753. The summed E-state index contributed by atoms with van der Waals surface area (Å²) in [4.78, 5) is 49.2. The van der Waals surface area contributed by atoms with Gasteiger partial charge in [0.1, 0.15) is 11.6 Å². The van der Waals surface area contributed by atoms with Crippen molar-refractivity contribution in [1.29, 1.82) is 0 Å². The Bertz CT molecular complexity index is 900. The van der Waals surface area contributed by atoms with Crippen molar-refractivity contribution in [3.8, 4) is 11.5 Å². The lowest BCUT2D eigenvalue weighted by atomic mass is 9.86. The Morgan fingerprint density at radius 2 is 1.50 bits per heavy atom. The summed E-state index contributed by atoms with van der Waals surface area (Å²) in [6, 6.07) is 4.66. The summed E-state index contributed by atoms with van der Waals surface area (Å²) >= 11 is 0. The first kappa shape index (κ1) is 31.1. The van der Waals surface area contributed by atoms with E-state index in [1.165, 1.54) is 19.2 Å². The van der Waals surface area contributed by atoms with E-state index in [1.807, 2.05) is 20.8 Å². The van der Waals surface area contributed by atoms with Gasteiger partial charge in [0, 0.05) is 25.7 Å². The average Bonchev–Trinajstić information content (AvgIpc) is 2.80. The fourth-order valence-corrected chi connectivity index (χ4v) is 3.80. The molecule has 0 saturated heterocycles. The van der Waals surface area contributed by atoms with Crippen molar-refractivity contribution in [2.75, 3.05) is 7.11 Å². The molecule has 3 atom stereocenters. The van der Waals surface area contributed by atoms with Crippen molar-refractivity contribution in [2.24, 2.45) is 11.7 Å². The van der Waals surface area contributed by atoms with Crippen LogP contribution >= 0.6 is 0 Å². The Labute approximate surface area is 214 Å². The van der Waals surface area contributed by atoms with Gasteiger partial charge in [-0.15, -0.1) is 0 Å². The van der Waals surface area contributed by atoms with E-state index >= 15 is 0 Å². The molecule has 0 spiro atoms.